The van der Waals surface area contributed by atoms with Gasteiger partial charge in [-0.05, 0) is 35.8 Å². The molecule has 0 spiro atoms. The van der Waals surface area contributed by atoms with E-state index in [0.29, 0.717) is 30.4 Å². The van der Waals surface area contributed by atoms with Gasteiger partial charge in [-0.15, -0.1) is 0 Å². The number of hydrogen-bond acceptors (Lipinski definition) is 8. The third-order valence-corrected chi connectivity index (χ3v) is 6.86. The van der Waals surface area contributed by atoms with Gasteiger partial charge in [0.25, 0.3) is 5.91 Å². The summed E-state index contributed by atoms with van der Waals surface area (Å²) in [4.78, 5) is 29.4. The van der Waals surface area contributed by atoms with Crippen molar-refractivity contribution in [1.29, 1.82) is 5.26 Å². The zero-order valence-electron chi connectivity index (χ0n) is 21.7. The first kappa shape index (κ1) is 28.3. The second-order valence-corrected chi connectivity index (χ2v) is 9.64. The summed E-state index contributed by atoms with van der Waals surface area (Å²) in [6.45, 7) is 4.21. The number of carbonyl (C=O) groups is 2. The standard InChI is InChI=1S/C28H33BN4O6/c30-18-23(28(35)33-12-10-32(11-13-33)24-19-38-20-24)15-22-7-4-8-25(16-22)39-14-9-27(34)31-26(29(36)37)17-21-5-2-1-3-6-21/h1-8,15-16,24,26,36-37H,9-14,17,19-20H2,(H,31,34)/t26-/m0/s1. The van der Waals surface area contributed by atoms with E-state index in [4.69, 9.17) is 9.47 Å². The Morgan fingerprint density at radius 1 is 1.13 bits per heavy atom. The van der Waals surface area contributed by atoms with Crippen molar-refractivity contribution in [3.63, 3.8) is 0 Å². The Balaban J connectivity index is 1.26. The molecule has 2 fully saturated rings. The van der Waals surface area contributed by atoms with Crippen molar-refractivity contribution in [3.05, 3.63) is 71.3 Å². The van der Waals surface area contributed by atoms with Crippen LogP contribution in [0.1, 0.15) is 17.5 Å². The summed E-state index contributed by atoms with van der Waals surface area (Å²) in [5.74, 6) is -1.02. The number of nitrogens with one attached hydrogen (secondary N) is 1. The molecule has 11 heteroatoms. The maximum atomic E-state index is 13.0. The number of hydrogen-bond donors (Lipinski definition) is 3. The van der Waals surface area contributed by atoms with Crippen LogP contribution in [-0.2, 0) is 20.7 Å². The van der Waals surface area contributed by atoms with Gasteiger partial charge in [0.15, 0.2) is 0 Å². The number of nitriles is 1. The molecule has 0 unspecified atom stereocenters. The summed E-state index contributed by atoms with van der Waals surface area (Å²) in [5.41, 5.74) is 1.57. The van der Waals surface area contributed by atoms with Crippen molar-refractivity contribution in [3.8, 4) is 11.8 Å². The molecule has 0 bridgehead atoms. The van der Waals surface area contributed by atoms with E-state index in [2.05, 4.69) is 10.2 Å². The van der Waals surface area contributed by atoms with Gasteiger partial charge in [-0.3, -0.25) is 14.5 Å². The lowest BCUT2D eigenvalue weighted by Gasteiger charge is -2.42. The van der Waals surface area contributed by atoms with Crippen LogP contribution in [-0.4, -0.2) is 96.8 Å². The Labute approximate surface area is 228 Å². The van der Waals surface area contributed by atoms with Crippen LogP contribution >= 0.6 is 0 Å². The first-order valence-electron chi connectivity index (χ1n) is 13.1. The van der Waals surface area contributed by atoms with E-state index in [1.54, 1.807) is 35.2 Å². The molecule has 2 aliphatic heterocycles. The topological polar surface area (TPSA) is 135 Å². The zero-order valence-corrected chi connectivity index (χ0v) is 21.7. The van der Waals surface area contributed by atoms with Crippen LogP contribution in [0.5, 0.6) is 5.75 Å². The number of rotatable bonds is 11. The van der Waals surface area contributed by atoms with E-state index >= 15 is 0 Å². The second-order valence-electron chi connectivity index (χ2n) is 9.64. The lowest BCUT2D eigenvalue weighted by molar-refractivity contribution is -0.131. The summed E-state index contributed by atoms with van der Waals surface area (Å²) < 4.78 is 11.0. The largest absolute Gasteiger partial charge is 0.493 e. The minimum absolute atomic E-state index is 0.0129. The van der Waals surface area contributed by atoms with Gasteiger partial charge in [-0.1, -0.05) is 42.5 Å². The van der Waals surface area contributed by atoms with Crippen molar-refractivity contribution < 1.29 is 29.1 Å². The lowest BCUT2D eigenvalue weighted by atomic mass is 9.76. The van der Waals surface area contributed by atoms with Crippen LogP contribution in [0.2, 0.25) is 0 Å². The second kappa shape index (κ2) is 13.9. The molecule has 2 heterocycles. The molecule has 3 N–H and O–H groups in total. The molecule has 0 aromatic heterocycles. The average Bonchev–Trinajstić information content (AvgIpc) is 2.91. The van der Waals surface area contributed by atoms with E-state index in [1.165, 1.54) is 0 Å². The van der Waals surface area contributed by atoms with Gasteiger partial charge in [0.1, 0.15) is 17.4 Å². The van der Waals surface area contributed by atoms with E-state index in [1.807, 2.05) is 36.4 Å². The van der Waals surface area contributed by atoms with Crippen molar-refractivity contribution in [1.82, 2.24) is 15.1 Å². The Kier molecular flexibility index (Phi) is 10.1. The lowest BCUT2D eigenvalue weighted by Crippen LogP contribution is -2.57. The zero-order chi connectivity index (χ0) is 27.6. The SMILES string of the molecule is N#CC(=Cc1cccc(OCCC(=O)N[C@@H](Cc2ccccc2)B(O)O)c1)C(=O)N1CCN(C2COC2)CC1. The Morgan fingerprint density at radius 3 is 2.51 bits per heavy atom. The average molecular weight is 532 g/mol. The maximum absolute atomic E-state index is 13.0. The van der Waals surface area contributed by atoms with Crippen LogP contribution < -0.4 is 10.1 Å². The van der Waals surface area contributed by atoms with Crippen LogP contribution in [0, 0.1) is 11.3 Å². The number of piperazine rings is 1. The fourth-order valence-electron chi connectivity index (χ4n) is 4.54. The molecule has 0 radical (unpaired) electrons. The van der Waals surface area contributed by atoms with Crippen LogP contribution in [0.3, 0.4) is 0 Å². The fraction of sp³-hybridized carbons (Fsp3) is 0.393. The molecule has 39 heavy (non-hydrogen) atoms. The minimum atomic E-state index is -1.70. The number of benzene rings is 2. The Bertz CT molecular complexity index is 1190. The first-order valence-corrected chi connectivity index (χ1v) is 13.1. The highest BCUT2D eigenvalue weighted by Gasteiger charge is 2.31. The predicted molar refractivity (Wildman–Crippen MR) is 145 cm³/mol. The third kappa shape index (κ3) is 8.15. The van der Waals surface area contributed by atoms with Crippen molar-refractivity contribution >= 4 is 25.0 Å². The molecule has 4 rings (SSSR count). The number of carbonyl (C=O) groups excluding carboxylic acids is 2. The summed E-state index contributed by atoms with van der Waals surface area (Å²) in [6, 6.07) is 18.7. The van der Waals surface area contributed by atoms with Gasteiger partial charge in [-0.25, -0.2) is 0 Å². The normalized spacial score (nSPS) is 17.1. The maximum Gasteiger partial charge on any atom is 0.475 e. The monoisotopic (exact) mass is 532 g/mol. The van der Waals surface area contributed by atoms with Crippen LogP contribution in [0.4, 0.5) is 0 Å². The van der Waals surface area contributed by atoms with Gasteiger partial charge in [-0.2, -0.15) is 5.26 Å². The molecule has 2 aliphatic rings. The molecule has 2 amide bonds. The number of nitrogens with zero attached hydrogens (tertiary/aromatic N) is 3. The molecule has 0 saturated carbocycles. The number of amides is 2. The van der Waals surface area contributed by atoms with Crippen molar-refractivity contribution in [2.75, 3.05) is 46.0 Å². The third-order valence-electron chi connectivity index (χ3n) is 6.86. The summed E-state index contributed by atoms with van der Waals surface area (Å²) in [5, 5.41) is 31.6. The molecule has 2 aromatic carbocycles. The molecule has 204 valence electrons. The van der Waals surface area contributed by atoms with Gasteiger partial charge >= 0.3 is 7.12 Å². The molecule has 2 saturated heterocycles. The molecule has 10 nitrogen and oxygen atoms in total. The summed E-state index contributed by atoms with van der Waals surface area (Å²) >= 11 is 0. The van der Waals surface area contributed by atoms with Gasteiger partial charge < -0.3 is 29.7 Å². The van der Waals surface area contributed by atoms with Gasteiger partial charge in [0.05, 0.1) is 38.2 Å². The van der Waals surface area contributed by atoms with Crippen LogP contribution in [0.15, 0.2) is 60.2 Å². The minimum Gasteiger partial charge on any atom is -0.493 e. The quantitative estimate of drug-likeness (QED) is 0.218. The fourth-order valence-corrected chi connectivity index (χ4v) is 4.54. The Hall–Kier alpha value is -3.69. The van der Waals surface area contributed by atoms with E-state index < -0.39 is 13.1 Å². The van der Waals surface area contributed by atoms with E-state index in [9.17, 15) is 24.9 Å². The highest BCUT2D eigenvalue weighted by Crippen LogP contribution is 2.19. The van der Waals surface area contributed by atoms with Gasteiger partial charge in [0.2, 0.25) is 5.91 Å². The van der Waals surface area contributed by atoms with E-state index in [0.717, 1.165) is 31.9 Å². The van der Waals surface area contributed by atoms with Crippen LogP contribution in [0.25, 0.3) is 6.08 Å². The predicted octanol–water partition coefficient (Wildman–Crippen LogP) is 0.645. The highest BCUT2D eigenvalue weighted by atomic mass is 16.5. The van der Waals surface area contributed by atoms with E-state index in [-0.39, 0.29) is 36.8 Å². The van der Waals surface area contributed by atoms with Crippen molar-refractivity contribution in [2.24, 2.45) is 0 Å². The van der Waals surface area contributed by atoms with Crippen molar-refractivity contribution in [2.45, 2.75) is 24.8 Å². The summed E-state index contributed by atoms with van der Waals surface area (Å²) in [7, 11) is -1.70. The smallest absolute Gasteiger partial charge is 0.475 e. The Morgan fingerprint density at radius 2 is 1.87 bits per heavy atom. The van der Waals surface area contributed by atoms with Gasteiger partial charge in [0, 0.05) is 26.2 Å². The molecule has 2 aromatic rings. The highest BCUT2D eigenvalue weighted by molar-refractivity contribution is 6.43. The summed E-state index contributed by atoms with van der Waals surface area (Å²) in [6.07, 6.45) is 1.84. The number of ether oxygens (including phenoxy) is 2. The molecular weight excluding hydrogens is 499 g/mol. The molecular formula is C28H33BN4O6. The first-order chi connectivity index (χ1) is 18.9. The molecule has 0 aliphatic carbocycles. The molecule has 1 atom stereocenters.